The van der Waals surface area contributed by atoms with E-state index in [2.05, 4.69) is 26.6 Å². The molecule has 9 heteroatoms. The lowest BCUT2D eigenvalue weighted by Gasteiger charge is -2.35. The molecule has 2 bridgehead atoms. The summed E-state index contributed by atoms with van der Waals surface area (Å²) in [6.07, 6.45) is 1.46. The highest BCUT2D eigenvalue weighted by atomic mass is 79.9. The van der Waals surface area contributed by atoms with E-state index in [1.54, 1.807) is 11.8 Å². The van der Waals surface area contributed by atoms with Gasteiger partial charge in [0.2, 0.25) is 17.7 Å². The topological polar surface area (TPSA) is 98.7 Å². The number of thioether (sulfide) groups is 1. The molecule has 0 radical (unpaired) electrons. The van der Waals surface area contributed by atoms with Crippen LogP contribution < -0.4 is 10.6 Å². The van der Waals surface area contributed by atoms with E-state index in [0.717, 1.165) is 12.0 Å². The highest BCUT2D eigenvalue weighted by Crippen LogP contribution is 2.67. The van der Waals surface area contributed by atoms with Crippen LogP contribution in [0.2, 0.25) is 0 Å². The van der Waals surface area contributed by atoms with Gasteiger partial charge in [0.25, 0.3) is 0 Å². The van der Waals surface area contributed by atoms with Gasteiger partial charge in [-0.1, -0.05) is 53.2 Å². The molecule has 168 valence electrons. The van der Waals surface area contributed by atoms with E-state index in [4.69, 9.17) is 0 Å². The number of halogens is 1. The van der Waals surface area contributed by atoms with Crippen LogP contribution in [-0.2, 0) is 20.9 Å². The number of hydrogen-bond acceptors (Lipinski definition) is 5. The van der Waals surface area contributed by atoms with Crippen LogP contribution >= 0.6 is 27.7 Å². The number of aliphatic hydroxyl groups is 1. The van der Waals surface area contributed by atoms with Gasteiger partial charge in [-0.05, 0) is 18.4 Å². The normalized spacial score (nSPS) is 33.5. The number of nitrogens with one attached hydrogen (secondary N) is 2. The van der Waals surface area contributed by atoms with Gasteiger partial charge in [-0.25, -0.2) is 0 Å². The smallest absolute Gasteiger partial charge is 0.244 e. The van der Waals surface area contributed by atoms with Crippen molar-refractivity contribution in [2.45, 2.75) is 47.2 Å². The Hall–Kier alpha value is -1.58. The van der Waals surface area contributed by atoms with Crippen LogP contribution in [0.3, 0.4) is 0 Å². The molecule has 7 nitrogen and oxygen atoms in total. The van der Waals surface area contributed by atoms with Crippen molar-refractivity contribution in [3.8, 4) is 0 Å². The van der Waals surface area contributed by atoms with Crippen molar-refractivity contribution >= 4 is 45.4 Å². The molecule has 3 fully saturated rings. The van der Waals surface area contributed by atoms with Crippen molar-refractivity contribution in [3.63, 3.8) is 0 Å². The Bertz CT molecular complexity index is 856. The highest BCUT2D eigenvalue weighted by molar-refractivity contribution is 9.09. The molecule has 3 aliphatic rings. The molecule has 1 spiro atoms. The average Bonchev–Trinajstić information content (AvgIpc) is 3.35. The predicted octanol–water partition coefficient (Wildman–Crippen LogP) is 1.29. The summed E-state index contributed by atoms with van der Waals surface area (Å²) in [5.74, 6) is -1.56. The Kier molecular flexibility index (Phi) is 6.65. The highest BCUT2D eigenvalue weighted by Gasteiger charge is 2.75. The van der Waals surface area contributed by atoms with Crippen LogP contribution in [0, 0.1) is 11.8 Å². The molecule has 3 saturated heterocycles. The number of nitrogens with zero attached hydrogens (tertiary/aromatic N) is 1. The molecule has 3 heterocycles. The van der Waals surface area contributed by atoms with Gasteiger partial charge in [0.05, 0.1) is 23.2 Å². The SMILES string of the molecule is CCCNC(=O)[C@H]1[C@H]2C(=O)N(CCO)C(C(=O)NCc3ccccc3)C23CC(Br)[C@@H]1S3. The summed E-state index contributed by atoms with van der Waals surface area (Å²) in [4.78, 5) is 41.4. The summed E-state index contributed by atoms with van der Waals surface area (Å²) in [6, 6.07) is 8.91. The summed E-state index contributed by atoms with van der Waals surface area (Å²) in [7, 11) is 0. The molecule has 0 saturated carbocycles. The zero-order valence-corrected chi connectivity index (χ0v) is 19.8. The summed E-state index contributed by atoms with van der Waals surface area (Å²) in [5.41, 5.74) is 0.974. The molecule has 0 aromatic heterocycles. The van der Waals surface area contributed by atoms with Gasteiger partial charge >= 0.3 is 0 Å². The molecule has 1 aromatic rings. The van der Waals surface area contributed by atoms with Crippen LogP contribution in [0.1, 0.15) is 25.3 Å². The Labute approximate surface area is 194 Å². The number of hydrogen-bond donors (Lipinski definition) is 3. The van der Waals surface area contributed by atoms with E-state index in [-0.39, 0.29) is 41.0 Å². The van der Waals surface area contributed by atoms with E-state index in [1.165, 1.54) is 4.90 Å². The summed E-state index contributed by atoms with van der Waals surface area (Å²) < 4.78 is -0.667. The first kappa shape index (κ1) is 22.6. The largest absolute Gasteiger partial charge is 0.395 e. The maximum atomic E-state index is 13.5. The number of fused-ring (bicyclic) bond motifs is 1. The van der Waals surface area contributed by atoms with E-state index in [9.17, 15) is 19.5 Å². The van der Waals surface area contributed by atoms with Gasteiger partial charge in [-0.2, -0.15) is 0 Å². The number of amides is 3. The fraction of sp³-hybridized carbons (Fsp3) is 0.591. The van der Waals surface area contributed by atoms with Crippen LogP contribution in [-0.4, -0.2) is 68.3 Å². The van der Waals surface area contributed by atoms with E-state index < -0.39 is 22.6 Å². The molecule has 1 aromatic carbocycles. The second-order valence-corrected chi connectivity index (χ2v) is 11.1. The number of benzene rings is 1. The van der Waals surface area contributed by atoms with Crippen molar-refractivity contribution in [2.24, 2.45) is 11.8 Å². The number of β-amino-alcohol motifs (C(OH)–C–C–N with tert-alkyl or cyclic N) is 1. The minimum absolute atomic E-state index is 0.0495. The second-order valence-electron chi connectivity index (χ2n) is 8.41. The third-order valence-corrected chi connectivity index (χ3v) is 9.76. The monoisotopic (exact) mass is 509 g/mol. The van der Waals surface area contributed by atoms with E-state index in [0.29, 0.717) is 19.5 Å². The van der Waals surface area contributed by atoms with Gasteiger partial charge in [0.15, 0.2) is 0 Å². The molecular weight excluding hydrogens is 482 g/mol. The second kappa shape index (κ2) is 9.11. The average molecular weight is 510 g/mol. The Balaban J connectivity index is 1.62. The van der Waals surface area contributed by atoms with Crippen LogP contribution in [0.5, 0.6) is 0 Å². The molecule has 3 unspecified atom stereocenters. The number of carbonyl (C=O) groups excluding carboxylic acids is 3. The molecule has 3 N–H and O–H groups in total. The molecule has 6 atom stereocenters. The van der Waals surface area contributed by atoms with Gasteiger partial charge in [-0.15, -0.1) is 11.8 Å². The van der Waals surface area contributed by atoms with Gasteiger partial charge in [-0.3, -0.25) is 14.4 Å². The standard InChI is InChI=1S/C22H28BrN3O4S/c1-2-8-24-19(28)15-16-21(30)26(9-10-27)18(22(16)11-14(23)17(15)31-22)20(29)25-12-13-6-4-3-5-7-13/h3-7,14-18,27H,2,8-12H2,1H3,(H,24,28)(H,25,29)/t14?,15-,16-,17-,18?,22?/m0/s1. The summed E-state index contributed by atoms with van der Waals surface area (Å²) >= 11 is 5.33. The lowest BCUT2D eigenvalue weighted by Crippen LogP contribution is -2.54. The van der Waals surface area contributed by atoms with Crippen LogP contribution in [0.4, 0.5) is 0 Å². The first-order chi connectivity index (χ1) is 14.9. The minimum atomic E-state index is -0.708. The van der Waals surface area contributed by atoms with Gasteiger partial charge in [0.1, 0.15) is 6.04 Å². The van der Waals surface area contributed by atoms with Gasteiger partial charge < -0.3 is 20.6 Å². The summed E-state index contributed by atoms with van der Waals surface area (Å²) in [6.45, 7) is 2.78. The lowest BCUT2D eigenvalue weighted by atomic mass is 9.70. The number of likely N-dealkylation sites (tertiary alicyclic amines) is 1. The number of carbonyl (C=O) groups is 3. The van der Waals surface area contributed by atoms with Crippen LogP contribution in [0.25, 0.3) is 0 Å². The first-order valence-electron chi connectivity index (χ1n) is 10.8. The van der Waals surface area contributed by atoms with Crippen molar-refractivity contribution in [1.82, 2.24) is 15.5 Å². The number of rotatable bonds is 8. The fourth-order valence-corrected chi connectivity index (χ4v) is 8.94. The van der Waals surface area contributed by atoms with Crippen molar-refractivity contribution in [3.05, 3.63) is 35.9 Å². The van der Waals surface area contributed by atoms with Crippen molar-refractivity contribution in [1.29, 1.82) is 0 Å². The predicted molar refractivity (Wildman–Crippen MR) is 123 cm³/mol. The number of aliphatic hydroxyl groups excluding tert-OH is 1. The summed E-state index contributed by atoms with van der Waals surface area (Å²) in [5, 5.41) is 15.5. The minimum Gasteiger partial charge on any atom is -0.395 e. The molecule has 4 rings (SSSR count). The molecular formula is C22H28BrN3O4S. The molecule has 31 heavy (non-hydrogen) atoms. The third-order valence-electron chi connectivity index (χ3n) is 6.54. The van der Waals surface area contributed by atoms with Crippen molar-refractivity contribution < 1.29 is 19.5 Å². The van der Waals surface area contributed by atoms with Gasteiger partial charge in [0, 0.05) is 29.7 Å². The molecule has 0 aliphatic carbocycles. The van der Waals surface area contributed by atoms with Crippen molar-refractivity contribution in [2.75, 3.05) is 19.7 Å². The Morgan fingerprint density at radius 1 is 1.26 bits per heavy atom. The van der Waals surface area contributed by atoms with E-state index in [1.807, 2.05) is 37.3 Å². The fourth-order valence-electron chi connectivity index (χ4n) is 5.33. The zero-order chi connectivity index (χ0) is 22.2. The Morgan fingerprint density at radius 3 is 2.68 bits per heavy atom. The number of alkyl halides is 1. The molecule has 3 amide bonds. The maximum Gasteiger partial charge on any atom is 0.244 e. The zero-order valence-electron chi connectivity index (χ0n) is 17.4. The maximum absolute atomic E-state index is 13.5. The Morgan fingerprint density at radius 2 is 2.00 bits per heavy atom. The van der Waals surface area contributed by atoms with E-state index >= 15 is 0 Å². The third kappa shape index (κ3) is 3.78. The van der Waals surface area contributed by atoms with Crippen LogP contribution in [0.15, 0.2) is 30.3 Å². The quantitative estimate of drug-likeness (QED) is 0.458. The lowest BCUT2D eigenvalue weighted by molar-refractivity contribution is -0.140. The molecule has 3 aliphatic heterocycles. The first-order valence-corrected chi connectivity index (χ1v) is 12.6.